The highest BCUT2D eigenvalue weighted by Crippen LogP contribution is 2.11. The van der Waals surface area contributed by atoms with E-state index in [2.05, 4.69) is 5.10 Å². The SMILES string of the molecule is Cn1ccc(CC(C)(O)C(=O)O)n1. The monoisotopic (exact) mass is 184 g/mol. The molecular formula is C8H12N2O3. The number of carboxylic acid groups (broad SMARTS) is 1. The lowest BCUT2D eigenvalue weighted by molar-refractivity contribution is -0.156. The van der Waals surface area contributed by atoms with Gasteiger partial charge in [-0.15, -0.1) is 0 Å². The third-order valence-electron chi connectivity index (χ3n) is 1.75. The lowest BCUT2D eigenvalue weighted by atomic mass is 10.0. The zero-order valence-electron chi connectivity index (χ0n) is 7.56. The molecule has 0 aliphatic heterocycles. The van der Waals surface area contributed by atoms with Crippen LogP contribution in [0.4, 0.5) is 0 Å². The van der Waals surface area contributed by atoms with Gasteiger partial charge in [-0.2, -0.15) is 5.10 Å². The van der Waals surface area contributed by atoms with E-state index in [4.69, 9.17) is 5.11 Å². The van der Waals surface area contributed by atoms with Crippen molar-refractivity contribution in [3.63, 3.8) is 0 Å². The van der Waals surface area contributed by atoms with Gasteiger partial charge in [0.2, 0.25) is 0 Å². The normalized spacial score (nSPS) is 15.3. The minimum Gasteiger partial charge on any atom is -0.479 e. The number of carboxylic acids is 1. The van der Waals surface area contributed by atoms with Crippen LogP contribution in [0.25, 0.3) is 0 Å². The number of aromatic nitrogens is 2. The molecule has 0 aliphatic carbocycles. The molecule has 0 amide bonds. The first-order chi connectivity index (χ1) is 5.92. The van der Waals surface area contributed by atoms with E-state index in [1.165, 1.54) is 6.92 Å². The van der Waals surface area contributed by atoms with Gasteiger partial charge in [-0.25, -0.2) is 4.79 Å². The second-order valence-corrected chi connectivity index (χ2v) is 3.24. The number of hydrogen-bond donors (Lipinski definition) is 2. The first-order valence-electron chi connectivity index (χ1n) is 3.86. The van der Waals surface area contributed by atoms with Crippen LogP contribution in [0.3, 0.4) is 0 Å². The standard InChI is InChI=1S/C8H12N2O3/c1-8(13,7(11)12)5-6-3-4-10(2)9-6/h3-4,13H,5H2,1-2H3,(H,11,12). The van der Waals surface area contributed by atoms with Crippen LogP contribution in [0.5, 0.6) is 0 Å². The number of rotatable bonds is 3. The first-order valence-corrected chi connectivity index (χ1v) is 3.86. The van der Waals surface area contributed by atoms with Gasteiger partial charge in [0.05, 0.1) is 5.69 Å². The second-order valence-electron chi connectivity index (χ2n) is 3.24. The molecule has 0 spiro atoms. The molecule has 2 N–H and O–H groups in total. The summed E-state index contributed by atoms with van der Waals surface area (Å²) in [6, 6.07) is 1.68. The van der Waals surface area contributed by atoms with Crippen molar-refractivity contribution in [2.24, 2.45) is 7.05 Å². The molecule has 5 nitrogen and oxygen atoms in total. The molecule has 1 aromatic heterocycles. The fourth-order valence-corrected chi connectivity index (χ4v) is 0.986. The minimum absolute atomic E-state index is 0.0170. The van der Waals surface area contributed by atoms with Crippen LogP contribution in [0.15, 0.2) is 12.3 Å². The maximum atomic E-state index is 10.5. The molecule has 1 heterocycles. The molecule has 0 aromatic carbocycles. The minimum atomic E-state index is -1.74. The van der Waals surface area contributed by atoms with Gasteiger partial charge in [-0.3, -0.25) is 4.68 Å². The van der Waals surface area contributed by atoms with Crippen LogP contribution in [0.2, 0.25) is 0 Å². The van der Waals surface area contributed by atoms with Crippen LogP contribution >= 0.6 is 0 Å². The molecule has 1 unspecified atom stereocenters. The third-order valence-corrected chi connectivity index (χ3v) is 1.75. The highest BCUT2D eigenvalue weighted by atomic mass is 16.4. The fourth-order valence-electron chi connectivity index (χ4n) is 0.986. The fraction of sp³-hybridized carbons (Fsp3) is 0.500. The predicted octanol–water partition coefficient (Wildman–Crippen LogP) is -0.202. The lowest BCUT2D eigenvalue weighted by Gasteiger charge is -2.15. The number of hydrogen-bond acceptors (Lipinski definition) is 3. The summed E-state index contributed by atoms with van der Waals surface area (Å²) in [6.07, 6.45) is 1.72. The van der Waals surface area contributed by atoms with Crippen molar-refractivity contribution in [1.29, 1.82) is 0 Å². The number of aliphatic hydroxyl groups is 1. The molecule has 1 rings (SSSR count). The maximum Gasteiger partial charge on any atom is 0.335 e. The van der Waals surface area contributed by atoms with Crippen molar-refractivity contribution < 1.29 is 15.0 Å². The summed E-state index contributed by atoms with van der Waals surface area (Å²) in [5, 5.41) is 22.0. The van der Waals surface area contributed by atoms with E-state index in [0.717, 1.165) is 0 Å². The Balaban J connectivity index is 2.74. The summed E-state index contributed by atoms with van der Waals surface area (Å²) in [4.78, 5) is 10.5. The van der Waals surface area contributed by atoms with Crippen LogP contribution in [-0.4, -0.2) is 31.6 Å². The largest absolute Gasteiger partial charge is 0.479 e. The van der Waals surface area contributed by atoms with Gasteiger partial charge < -0.3 is 10.2 Å². The number of aliphatic carboxylic acids is 1. The summed E-state index contributed by atoms with van der Waals surface area (Å²) >= 11 is 0. The van der Waals surface area contributed by atoms with E-state index in [1.54, 1.807) is 24.0 Å². The molecule has 5 heteroatoms. The number of aryl methyl sites for hydroxylation is 1. The van der Waals surface area contributed by atoms with Crippen molar-refractivity contribution in [2.45, 2.75) is 18.9 Å². The Bertz CT molecular complexity index is 317. The molecular weight excluding hydrogens is 172 g/mol. The molecule has 0 saturated carbocycles. The van der Waals surface area contributed by atoms with E-state index in [1.807, 2.05) is 0 Å². The van der Waals surface area contributed by atoms with Gasteiger partial charge >= 0.3 is 5.97 Å². The van der Waals surface area contributed by atoms with Crippen molar-refractivity contribution in [3.05, 3.63) is 18.0 Å². The summed E-state index contributed by atoms with van der Waals surface area (Å²) in [6.45, 7) is 1.25. The Morgan fingerprint density at radius 2 is 2.38 bits per heavy atom. The van der Waals surface area contributed by atoms with Crippen LogP contribution in [0, 0.1) is 0 Å². The van der Waals surface area contributed by atoms with Gasteiger partial charge in [0, 0.05) is 19.7 Å². The van der Waals surface area contributed by atoms with Crippen LogP contribution < -0.4 is 0 Å². The Hall–Kier alpha value is -1.36. The quantitative estimate of drug-likeness (QED) is 0.682. The molecule has 0 aliphatic rings. The second kappa shape index (κ2) is 3.18. The molecule has 0 fully saturated rings. The molecule has 72 valence electrons. The summed E-state index contributed by atoms with van der Waals surface area (Å²) in [5.41, 5.74) is -1.18. The molecule has 0 bridgehead atoms. The molecule has 13 heavy (non-hydrogen) atoms. The number of nitrogens with zero attached hydrogens (tertiary/aromatic N) is 2. The maximum absolute atomic E-state index is 10.5. The van der Waals surface area contributed by atoms with Crippen LogP contribution in [0.1, 0.15) is 12.6 Å². The summed E-state index contributed by atoms with van der Waals surface area (Å²) < 4.78 is 1.56. The topological polar surface area (TPSA) is 75.4 Å². The molecule has 1 atom stereocenters. The first kappa shape index (κ1) is 9.73. The average Bonchev–Trinajstić information content (AvgIpc) is 2.34. The van der Waals surface area contributed by atoms with E-state index < -0.39 is 11.6 Å². The van der Waals surface area contributed by atoms with Crippen LogP contribution in [-0.2, 0) is 18.3 Å². The highest BCUT2D eigenvalue weighted by molar-refractivity contribution is 5.76. The highest BCUT2D eigenvalue weighted by Gasteiger charge is 2.30. The van der Waals surface area contributed by atoms with E-state index >= 15 is 0 Å². The predicted molar refractivity (Wildman–Crippen MR) is 45.2 cm³/mol. The molecule has 0 radical (unpaired) electrons. The smallest absolute Gasteiger partial charge is 0.335 e. The van der Waals surface area contributed by atoms with Crippen molar-refractivity contribution in [3.8, 4) is 0 Å². The van der Waals surface area contributed by atoms with E-state index in [-0.39, 0.29) is 6.42 Å². The van der Waals surface area contributed by atoms with Crippen molar-refractivity contribution in [1.82, 2.24) is 9.78 Å². The van der Waals surface area contributed by atoms with Gasteiger partial charge in [0.1, 0.15) is 0 Å². The molecule has 0 saturated heterocycles. The van der Waals surface area contributed by atoms with Gasteiger partial charge in [0.15, 0.2) is 5.60 Å². The Labute approximate surface area is 75.6 Å². The number of carbonyl (C=O) groups is 1. The summed E-state index contributed by atoms with van der Waals surface area (Å²) in [5.74, 6) is -1.24. The Morgan fingerprint density at radius 1 is 1.77 bits per heavy atom. The van der Waals surface area contributed by atoms with Gasteiger partial charge in [-0.05, 0) is 13.0 Å². The third kappa shape index (κ3) is 2.29. The zero-order valence-corrected chi connectivity index (χ0v) is 7.56. The average molecular weight is 184 g/mol. The van der Waals surface area contributed by atoms with Crippen molar-refractivity contribution >= 4 is 5.97 Å². The Morgan fingerprint density at radius 3 is 2.77 bits per heavy atom. The lowest BCUT2D eigenvalue weighted by Crippen LogP contribution is -2.37. The van der Waals surface area contributed by atoms with E-state index in [9.17, 15) is 9.90 Å². The molecule has 1 aromatic rings. The van der Waals surface area contributed by atoms with Gasteiger partial charge in [-0.1, -0.05) is 0 Å². The zero-order chi connectivity index (χ0) is 10.1. The Kier molecular flexibility index (Phi) is 2.38. The van der Waals surface area contributed by atoms with E-state index in [0.29, 0.717) is 5.69 Å². The van der Waals surface area contributed by atoms with Gasteiger partial charge in [0.25, 0.3) is 0 Å². The summed E-state index contributed by atoms with van der Waals surface area (Å²) in [7, 11) is 1.74. The van der Waals surface area contributed by atoms with Crippen molar-refractivity contribution in [2.75, 3.05) is 0 Å².